The summed E-state index contributed by atoms with van der Waals surface area (Å²) in [7, 11) is 0. The van der Waals surface area contributed by atoms with Gasteiger partial charge in [0, 0.05) is 10.0 Å². The molecule has 4 rings (SSSR count). The molecule has 0 aliphatic carbocycles. The zero-order valence-electron chi connectivity index (χ0n) is 12.1. The number of ether oxygens (including phenoxy) is 1. The molecule has 23 heavy (non-hydrogen) atoms. The molecule has 0 unspecified atom stereocenters. The van der Waals surface area contributed by atoms with Crippen LogP contribution in [0, 0.1) is 0 Å². The van der Waals surface area contributed by atoms with Crippen molar-refractivity contribution in [3.63, 3.8) is 0 Å². The van der Waals surface area contributed by atoms with Crippen LogP contribution in [0.15, 0.2) is 53.0 Å². The van der Waals surface area contributed by atoms with Gasteiger partial charge in [0.2, 0.25) is 0 Å². The highest BCUT2D eigenvalue weighted by Crippen LogP contribution is 2.29. The number of amides is 1. The maximum Gasteiger partial charge on any atom is 0.274 e. The van der Waals surface area contributed by atoms with Crippen LogP contribution < -0.4 is 4.74 Å². The molecule has 0 bridgehead atoms. The van der Waals surface area contributed by atoms with E-state index in [2.05, 4.69) is 20.9 Å². The summed E-state index contributed by atoms with van der Waals surface area (Å²) in [6.45, 7) is 1.20. The van der Waals surface area contributed by atoms with Crippen molar-refractivity contribution in [2.24, 2.45) is 0 Å². The fraction of sp³-hybridized carbons (Fsp3) is 0.176. The van der Waals surface area contributed by atoms with Gasteiger partial charge in [-0.3, -0.25) is 4.79 Å². The first-order valence-corrected chi connectivity index (χ1v) is 8.87. The van der Waals surface area contributed by atoms with Gasteiger partial charge in [0.05, 0.1) is 23.3 Å². The Balaban J connectivity index is 1.37. The lowest BCUT2D eigenvalue weighted by Gasteiger charge is -2.38. The molecular formula is C17H13BrN2O2S. The first-order valence-electron chi connectivity index (χ1n) is 7.26. The van der Waals surface area contributed by atoms with E-state index in [9.17, 15) is 4.79 Å². The number of hydrogen-bond donors (Lipinski definition) is 0. The first-order chi connectivity index (χ1) is 11.2. The number of carbonyl (C=O) groups excluding carboxylic acids is 1. The Morgan fingerprint density at radius 3 is 2.65 bits per heavy atom. The van der Waals surface area contributed by atoms with E-state index in [1.807, 2.05) is 48.5 Å². The predicted octanol–water partition coefficient (Wildman–Crippen LogP) is 3.96. The maximum atomic E-state index is 12.3. The Kier molecular flexibility index (Phi) is 3.79. The maximum absolute atomic E-state index is 12.3. The zero-order valence-corrected chi connectivity index (χ0v) is 14.5. The number of hydrogen-bond acceptors (Lipinski definition) is 4. The van der Waals surface area contributed by atoms with Gasteiger partial charge in [-0.05, 0) is 36.4 Å². The van der Waals surface area contributed by atoms with Crippen molar-refractivity contribution < 1.29 is 9.53 Å². The fourth-order valence-corrected chi connectivity index (χ4v) is 3.64. The first kappa shape index (κ1) is 14.7. The molecule has 1 aliphatic heterocycles. The fourth-order valence-electron chi connectivity index (χ4n) is 2.50. The summed E-state index contributed by atoms with van der Waals surface area (Å²) in [6, 6.07) is 15.4. The van der Waals surface area contributed by atoms with E-state index in [4.69, 9.17) is 4.74 Å². The summed E-state index contributed by atoms with van der Waals surface area (Å²) in [5, 5.41) is 0.673. The Morgan fingerprint density at radius 1 is 1.17 bits per heavy atom. The van der Waals surface area contributed by atoms with Crippen LogP contribution in [0.3, 0.4) is 0 Å². The molecule has 1 fully saturated rings. The second kappa shape index (κ2) is 5.94. The monoisotopic (exact) mass is 388 g/mol. The number of nitrogens with zero attached hydrogens (tertiary/aromatic N) is 2. The number of likely N-dealkylation sites (tertiary alicyclic amines) is 1. The lowest BCUT2D eigenvalue weighted by Crippen LogP contribution is -2.56. The number of fused-ring (bicyclic) bond motifs is 1. The highest BCUT2D eigenvalue weighted by atomic mass is 79.9. The van der Waals surface area contributed by atoms with Crippen LogP contribution in [-0.4, -0.2) is 35.0 Å². The topological polar surface area (TPSA) is 42.4 Å². The molecule has 0 spiro atoms. The third-order valence-electron chi connectivity index (χ3n) is 3.77. The number of rotatable bonds is 3. The summed E-state index contributed by atoms with van der Waals surface area (Å²) >= 11 is 4.91. The van der Waals surface area contributed by atoms with E-state index in [0.29, 0.717) is 23.8 Å². The average Bonchev–Trinajstić information content (AvgIpc) is 2.93. The standard InChI is InChI=1S/C17H13BrN2O2S/c18-12-7-5-11(6-8-12)16(21)20-9-13(10-20)22-17-19-14-3-1-2-4-15(14)23-17/h1-8,13H,9-10H2. The minimum atomic E-state index is 0.0231. The van der Waals surface area contributed by atoms with Crippen LogP contribution in [0.25, 0.3) is 10.2 Å². The van der Waals surface area contributed by atoms with Gasteiger partial charge in [-0.2, -0.15) is 0 Å². The van der Waals surface area contributed by atoms with Gasteiger partial charge in [0.25, 0.3) is 11.1 Å². The molecule has 1 amide bonds. The molecule has 1 aliphatic rings. The SMILES string of the molecule is O=C(c1ccc(Br)cc1)N1CC(Oc2nc3ccccc3s2)C1. The molecular weight excluding hydrogens is 376 g/mol. The van der Waals surface area contributed by atoms with Crippen LogP contribution in [-0.2, 0) is 0 Å². The number of para-hydroxylation sites is 1. The smallest absolute Gasteiger partial charge is 0.274 e. The van der Waals surface area contributed by atoms with Crippen molar-refractivity contribution in [3.8, 4) is 5.19 Å². The minimum Gasteiger partial charge on any atom is -0.463 e. The summed E-state index contributed by atoms with van der Waals surface area (Å²) in [4.78, 5) is 18.6. The molecule has 1 saturated heterocycles. The number of halogens is 1. The third kappa shape index (κ3) is 2.96. The lowest BCUT2D eigenvalue weighted by atomic mass is 10.1. The molecule has 3 aromatic rings. The second-order valence-electron chi connectivity index (χ2n) is 5.40. The van der Waals surface area contributed by atoms with Crippen LogP contribution in [0.1, 0.15) is 10.4 Å². The van der Waals surface area contributed by atoms with Gasteiger partial charge in [-0.15, -0.1) is 0 Å². The van der Waals surface area contributed by atoms with Crippen LogP contribution in [0.5, 0.6) is 5.19 Å². The molecule has 116 valence electrons. The Labute approximate surface area is 145 Å². The number of aromatic nitrogens is 1. The average molecular weight is 389 g/mol. The predicted molar refractivity (Wildman–Crippen MR) is 94.1 cm³/mol. The van der Waals surface area contributed by atoms with Gasteiger partial charge in [0.1, 0.15) is 6.10 Å². The number of benzene rings is 2. The lowest BCUT2D eigenvalue weighted by molar-refractivity contribution is 0.0178. The number of thiazole rings is 1. The molecule has 1 aromatic heterocycles. The molecule has 4 nitrogen and oxygen atoms in total. The van der Waals surface area contributed by atoms with Gasteiger partial charge in [-0.1, -0.05) is 39.4 Å². The van der Waals surface area contributed by atoms with E-state index in [-0.39, 0.29) is 12.0 Å². The van der Waals surface area contributed by atoms with Crippen molar-refractivity contribution >= 4 is 43.4 Å². The largest absolute Gasteiger partial charge is 0.463 e. The van der Waals surface area contributed by atoms with Gasteiger partial charge < -0.3 is 9.64 Å². The summed E-state index contributed by atoms with van der Waals surface area (Å²) in [5.41, 5.74) is 1.65. The second-order valence-corrected chi connectivity index (χ2v) is 7.31. The molecule has 0 saturated carbocycles. The Bertz CT molecular complexity index is 823. The van der Waals surface area contributed by atoms with Crippen molar-refractivity contribution in [1.82, 2.24) is 9.88 Å². The molecule has 0 radical (unpaired) electrons. The van der Waals surface area contributed by atoms with E-state index in [1.54, 1.807) is 16.2 Å². The van der Waals surface area contributed by atoms with Crippen molar-refractivity contribution in [3.05, 3.63) is 58.6 Å². The zero-order chi connectivity index (χ0) is 15.8. The van der Waals surface area contributed by atoms with Crippen LogP contribution >= 0.6 is 27.3 Å². The van der Waals surface area contributed by atoms with Crippen molar-refractivity contribution in [2.45, 2.75) is 6.10 Å². The molecule has 6 heteroatoms. The number of carbonyl (C=O) groups is 1. The van der Waals surface area contributed by atoms with Crippen molar-refractivity contribution in [2.75, 3.05) is 13.1 Å². The van der Waals surface area contributed by atoms with Gasteiger partial charge in [-0.25, -0.2) is 4.98 Å². The van der Waals surface area contributed by atoms with Crippen LogP contribution in [0.4, 0.5) is 0 Å². The van der Waals surface area contributed by atoms with Gasteiger partial charge >= 0.3 is 0 Å². The molecule has 0 atom stereocenters. The van der Waals surface area contributed by atoms with E-state index >= 15 is 0 Å². The summed E-state index contributed by atoms with van der Waals surface area (Å²) < 4.78 is 7.96. The quantitative estimate of drug-likeness (QED) is 0.681. The Hall–Kier alpha value is -1.92. The molecule has 2 heterocycles. The van der Waals surface area contributed by atoms with E-state index < -0.39 is 0 Å². The highest BCUT2D eigenvalue weighted by molar-refractivity contribution is 9.10. The summed E-state index contributed by atoms with van der Waals surface area (Å²) in [6.07, 6.45) is 0.0231. The van der Waals surface area contributed by atoms with Gasteiger partial charge in [0.15, 0.2) is 0 Å². The van der Waals surface area contributed by atoms with Crippen LogP contribution in [0.2, 0.25) is 0 Å². The Morgan fingerprint density at radius 2 is 1.91 bits per heavy atom. The molecule has 2 aromatic carbocycles. The summed E-state index contributed by atoms with van der Waals surface area (Å²) in [5.74, 6) is 0.0432. The molecule has 0 N–H and O–H groups in total. The minimum absolute atomic E-state index is 0.0231. The van der Waals surface area contributed by atoms with E-state index in [1.165, 1.54) is 0 Å². The van der Waals surface area contributed by atoms with Crippen molar-refractivity contribution in [1.29, 1.82) is 0 Å². The highest BCUT2D eigenvalue weighted by Gasteiger charge is 2.33. The van der Waals surface area contributed by atoms with E-state index in [0.717, 1.165) is 14.7 Å². The normalized spacial score (nSPS) is 14.7. The third-order valence-corrected chi connectivity index (χ3v) is 5.22.